The van der Waals surface area contributed by atoms with Gasteiger partial charge in [0.05, 0.1) is 0 Å². The van der Waals surface area contributed by atoms with Crippen LogP contribution in [0.4, 0.5) is 0 Å². The third-order valence-corrected chi connectivity index (χ3v) is 3.63. The fourth-order valence-corrected chi connectivity index (χ4v) is 2.07. The fourth-order valence-electron chi connectivity index (χ4n) is 1.68. The quantitative estimate of drug-likeness (QED) is 0.299. The maximum Gasteiger partial charge on any atom is 1.00 e. The van der Waals surface area contributed by atoms with E-state index in [1.165, 1.54) is 19.3 Å². The summed E-state index contributed by atoms with van der Waals surface area (Å²) < 4.78 is 31.2. The average Bonchev–Trinajstić information content (AvgIpc) is 2.26. The van der Waals surface area contributed by atoms with Crippen LogP contribution >= 0.6 is 0 Å². The summed E-state index contributed by atoms with van der Waals surface area (Å²) in [5, 5.41) is 8.93. The van der Waals surface area contributed by atoms with E-state index in [-0.39, 0.29) is 41.8 Å². The number of hydrogen-bond acceptors (Lipinski definition) is 5. The second-order valence-electron chi connectivity index (χ2n) is 4.56. The Morgan fingerprint density at radius 2 is 1.58 bits per heavy atom. The van der Waals surface area contributed by atoms with Crippen LogP contribution in [0.1, 0.15) is 64.7 Å². The van der Waals surface area contributed by atoms with Crippen LogP contribution in [-0.2, 0) is 14.9 Å². The van der Waals surface area contributed by atoms with Gasteiger partial charge in [-0.3, -0.25) is 4.79 Å². The van der Waals surface area contributed by atoms with E-state index >= 15 is 0 Å². The van der Waals surface area contributed by atoms with Gasteiger partial charge in [-0.25, -0.2) is 8.42 Å². The molecule has 0 aromatic heterocycles. The normalized spacial score (nSPS) is 12.8. The zero-order valence-electron chi connectivity index (χ0n) is 11.9. The molecule has 0 aliphatic carbocycles. The standard InChI is InChI=1S/C12H24O5S.Na/c1-2-3-4-5-6-7-8-9-11(13)10-12(14)18(15,16)17;/h12,14H,2-10H2,1H3,(H,15,16,17);/q;+1/p-1. The molecule has 0 aliphatic heterocycles. The van der Waals surface area contributed by atoms with Gasteiger partial charge in [0.1, 0.15) is 21.3 Å². The minimum Gasteiger partial charge on any atom is -0.746 e. The zero-order valence-corrected chi connectivity index (χ0v) is 14.7. The molecule has 1 unspecified atom stereocenters. The van der Waals surface area contributed by atoms with Crippen LogP contribution in [0.5, 0.6) is 0 Å². The maximum atomic E-state index is 11.3. The fraction of sp³-hybridized carbons (Fsp3) is 0.917. The summed E-state index contributed by atoms with van der Waals surface area (Å²) in [7, 11) is -4.76. The Hall–Kier alpha value is 0.540. The molecular weight excluding hydrogens is 279 g/mol. The molecule has 1 atom stereocenters. The molecule has 0 rings (SSSR count). The van der Waals surface area contributed by atoms with E-state index in [1.54, 1.807) is 0 Å². The number of hydrogen-bond donors (Lipinski definition) is 1. The van der Waals surface area contributed by atoms with Gasteiger partial charge in [0.25, 0.3) is 0 Å². The Labute approximate surface area is 138 Å². The summed E-state index contributed by atoms with van der Waals surface area (Å²) in [6.45, 7) is 2.15. The van der Waals surface area contributed by atoms with Crippen LogP contribution in [0.3, 0.4) is 0 Å². The van der Waals surface area contributed by atoms with Crippen molar-refractivity contribution in [2.24, 2.45) is 0 Å². The Morgan fingerprint density at radius 1 is 1.11 bits per heavy atom. The Morgan fingerprint density at radius 3 is 2.05 bits per heavy atom. The van der Waals surface area contributed by atoms with E-state index < -0.39 is 22.0 Å². The molecule has 0 fully saturated rings. The van der Waals surface area contributed by atoms with Crippen molar-refractivity contribution >= 4 is 15.9 Å². The minimum absolute atomic E-state index is 0. The average molecular weight is 302 g/mol. The first-order valence-electron chi connectivity index (χ1n) is 6.52. The number of carbonyl (C=O) groups excluding carboxylic acids is 1. The van der Waals surface area contributed by atoms with Crippen molar-refractivity contribution in [3.8, 4) is 0 Å². The molecule has 5 nitrogen and oxygen atoms in total. The number of aliphatic hydroxyl groups is 1. The van der Waals surface area contributed by atoms with Gasteiger partial charge >= 0.3 is 29.6 Å². The van der Waals surface area contributed by atoms with E-state index in [0.29, 0.717) is 6.42 Å². The summed E-state index contributed by atoms with van der Waals surface area (Å²) in [5.41, 5.74) is -2.09. The first-order chi connectivity index (χ1) is 8.38. The van der Waals surface area contributed by atoms with E-state index in [0.717, 1.165) is 19.3 Å². The number of Topliss-reactive ketones (excluding diaryl/α,β-unsaturated/α-hetero) is 1. The topological polar surface area (TPSA) is 94.5 Å². The van der Waals surface area contributed by atoms with Gasteiger partial charge in [-0.15, -0.1) is 0 Å². The van der Waals surface area contributed by atoms with Crippen LogP contribution in [0.2, 0.25) is 0 Å². The van der Waals surface area contributed by atoms with E-state index in [1.807, 2.05) is 0 Å². The van der Waals surface area contributed by atoms with Crippen molar-refractivity contribution in [1.29, 1.82) is 0 Å². The van der Waals surface area contributed by atoms with Crippen molar-refractivity contribution in [1.82, 2.24) is 0 Å². The molecule has 0 saturated heterocycles. The van der Waals surface area contributed by atoms with E-state index in [2.05, 4.69) is 6.92 Å². The van der Waals surface area contributed by atoms with E-state index in [9.17, 15) is 17.8 Å². The summed E-state index contributed by atoms with van der Waals surface area (Å²) in [6, 6.07) is 0. The number of ketones is 1. The Kier molecular flexibility index (Phi) is 14.1. The number of unbranched alkanes of at least 4 members (excludes halogenated alkanes) is 6. The molecule has 0 amide bonds. The molecule has 0 spiro atoms. The molecular formula is C12H23NaO5S. The second kappa shape index (κ2) is 12.3. The zero-order chi connectivity index (χ0) is 14.0. The molecule has 19 heavy (non-hydrogen) atoms. The predicted molar refractivity (Wildman–Crippen MR) is 67.9 cm³/mol. The largest absolute Gasteiger partial charge is 1.00 e. The third kappa shape index (κ3) is 13.3. The predicted octanol–water partition coefficient (Wildman–Crippen LogP) is -1.05. The first-order valence-corrected chi connectivity index (χ1v) is 7.99. The van der Waals surface area contributed by atoms with Gasteiger partial charge in [0.2, 0.25) is 0 Å². The van der Waals surface area contributed by atoms with Crippen LogP contribution in [-0.4, -0.2) is 29.3 Å². The maximum absolute atomic E-state index is 11.3. The van der Waals surface area contributed by atoms with Gasteiger partial charge in [0.15, 0.2) is 0 Å². The third-order valence-electron chi connectivity index (χ3n) is 2.79. The molecule has 0 radical (unpaired) electrons. The summed E-state index contributed by atoms with van der Waals surface area (Å²) in [5.74, 6) is -0.365. The van der Waals surface area contributed by atoms with Crippen LogP contribution in [0.15, 0.2) is 0 Å². The van der Waals surface area contributed by atoms with Crippen molar-refractivity contribution in [3.63, 3.8) is 0 Å². The SMILES string of the molecule is CCCCCCCCCC(=O)CC(O)S(=O)(=O)[O-].[Na+]. The van der Waals surface area contributed by atoms with Crippen molar-refractivity contribution in [2.75, 3.05) is 0 Å². The smallest absolute Gasteiger partial charge is 0.746 e. The van der Waals surface area contributed by atoms with Gasteiger partial charge in [-0.2, -0.15) is 0 Å². The Balaban J connectivity index is 0. The molecule has 108 valence electrons. The van der Waals surface area contributed by atoms with Gasteiger partial charge < -0.3 is 9.66 Å². The molecule has 0 heterocycles. The van der Waals surface area contributed by atoms with Crippen LogP contribution in [0.25, 0.3) is 0 Å². The van der Waals surface area contributed by atoms with Gasteiger partial charge in [-0.05, 0) is 6.42 Å². The molecule has 1 N–H and O–H groups in total. The summed E-state index contributed by atoms with van der Waals surface area (Å²) in [4.78, 5) is 11.3. The second-order valence-corrected chi connectivity index (χ2v) is 6.09. The van der Waals surface area contributed by atoms with E-state index in [4.69, 9.17) is 5.11 Å². The van der Waals surface area contributed by atoms with Crippen molar-refractivity contribution < 1.29 is 52.4 Å². The number of carbonyl (C=O) groups is 1. The van der Waals surface area contributed by atoms with Gasteiger partial charge in [0, 0.05) is 12.8 Å². The first kappa shape index (κ1) is 21.8. The molecule has 0 saturated carbocycles. The summed E-state index contributed by atoms with van der Waals surface area (Å²) in [6.07, 6.45) is 7.12. The Bertz CT molecular complexity index is 329. The van der Waals surface area contributed by atoms with Crippen molar-refractivity contribution in [2.45, 2.75) is 70.1 Å². The van der Waals surface area contributed by atoms with Crippen LogP contribution < -0.4 is 29.6 Å². The van der Waals surface area contributed by atoms with Crippen LogP contribution in [0, 0.1) is 0 Å². The number of rotatable bonds is 11. The summed E-state index contributed by atoms with van der Waals surface area (Å²) >= 11 is 0. The van der Waals surface area contributed by atoms with Crippen molar-refractivity contribution in [3.05, 3.63) is 0 Å². The minimum atomic E-state index is -4.76. The van der Waals surface area contributed by atoms with Gasteiger partial charge in [-0.1, -0.05) is 45.4 Å². The molecule has 7 heteroatoms. The molecule has 0 aliphatic rings. The number of aliphatic hydroxyl groups excluding tert-OH is 1. The molecule has 0 aromatic carbocycles. The monoisotopic (exact) mass is 302 g/mol. The molecule has 0 bridgehead atoms. The molecule has 0 aromatic rings.